The van der Waals surface area contributed by atoms with E-state index in [1.165, 1.54) is 0 Å². The zero-order valence-corrected chi connectivity index (χ0v) is 23.5. The van der Waals surface area contributed by atoms with Gasteiger partial charge in [-0.2, -0.15) is 0 Å². The van der Waals surface area contributed by atoms with E-state index in [9.17, 15) is 6.85 Å². The van der Waals surface area contributed by atoms with Gasteiger partial charge in [0.05, 0.1) is 35.8 Å². The Hall–Kier alpha value is -6.06. The van der Waals surface area contributed by atoms with E-state index in [2.05, 4.69) is 0 Å². The second-order valence-corrected chi connectivity index (χ2v) is 11.0. The zero-order chi connectivity index (χ0) is 38.2. The van der Waals surface area contributed by atoms with E-state index in [0.717, 1.165) is 21.9 Å². The summed E-state index contributed by atoms with van der Waals surface area (Å²) in [5.74, 6) is 0. The number of benzene rings is 7. The van der Waals surface area contributed by atoms with Crippen molar-refractivity contribution in [1.29, 1.82) is 0 Å². The average molecular weight is 585 g/mol. The van der Waals surface area contributed by atoms with Crippen LogP contribution in [-0.4, -0.2) is 9.13 Å². The molecule has 45 heavy (non-hydrogen) atoms. The second kappa shape index (κ2) is 9.22. The number of furan rings is 1. The van der Waals surface area contributed by atoms with Gasteiger partial charge in [-0.3, -0.25) is 0 Å². The van der Waals surface area contributed by atoms with Gasteiger partial charge in [0.15, 0.2) is 0 Å². The molecule has 0 N–H and O–H groups in total. The van der Waals surface area contributed by atoms with Gasteiger partial charge in [0.2, 0.25) is 0 Å². The van der Waals surface area contributed by atoms with Crippen LogP contribution in [-0.2, 0) is 0 Å². The number of rotatable bonds is 3. The molecule has 0 bridgehead atoms. The summed E-state index contributed by atoms with van der Waals surface area (Å²) in [5, 5.41) is 2.22. The minimum Gasteiger partial charge on any atom is -0.456 e. The largest absolute Gasteiger partial charge is 0.456 e. The molecule has 3 heteroatoms. The van der Waals surface area contributed by atoms with Gasteiger partial charge >= 0.3 is 0 Å². The van der Waals surface area contributed by atoms with E-state index in [0.29, 0.717) is 22.5 Å². The highest BCUT2D eigenvalue weighted by Crippen LogP contribution is 2.43. The van der Waals surface area contributed by atoms with Gasteiger partial charge in [0.25, 0.3) is 0 Å². The molecule has 0 fully saturated rings. The van der Waals surface area contributed by atoms with Crippen LogP contribution in [0.2, 0.25) is 0 Å². The fraction of sp³-hybridized carbons (Fsp3) is 0. The van der Waals surface area contributed by atoms with Crippen molar-refractivity contribution in [3.63, 3.8) is 0 Å². The minimum absolute atomic E-state index is 0.0609. The summed E-state index contributed by atoms with van der Waals surface area (Å²) in [6.07, 6.45) is 0. The maximum Gasteiger partial charge on any atom is 0.137 e. The van der Waals surface area contributed by atoms with Crippen molar-refractivity contribution >= 4 is 65.6 Å². The lowest BCUT2D eigenvalue weighted by Gasteiger charge is -2.10. The van der Waals surface area contributed by atoms with Crippen LogP contribution in [0.3, 0.4) is 0 Å². The summed E-state index contributed by atoms with van der Waals surface area (Å²) >= 11 is 0. The van der Waals surface area contributed by atoms with E-state index in [4.69, 9.17) is 11.3 Å². The van der Waals surface area contributed by atoms with E-state index in [-0.39, 0.29) is 79.9 Å². The van der Waals surface area contributed by atoms with Crippen molar-refractivity contribution in [1.82, 2.24) is 9.13 Å². The third-order valence-corrected chi connectivity index (χ3v) is 8.61. The Morgan fingerprint density at radius 1 is 0.422 bits per heavy atom. The van der Waals surface area contributed by atoms with Crippen LogP contribution in [0, 0.1) is 0 Å². The third-order valence-electron chi connectivity index (χ3n) is 8.61. The monoisotopic (exact) mass is 584 g/mol. The van der Waals surface area contributed by atoms with Crippen molar-refractivity contribution in [2.75, 3.05) is 0 Å². The lowest BCUT2D eigenvalue weighted by molar-refractivity contribution is 0.668. The Bertz CT molecular complexity index is 3310. The van der Waals surface area contributed by atoms with Gasteiger partial charge in [-0.05, 0) is 65.6 Å². The van der Waals surface area contributed by atoms with Crippen molar-refractivity contribution in [2.24, 2.45) is 0 Å². The molecule has 0 spiro atoms. The molecule has 210 valence electrons. The molecule has 0 saturated carbocycles. The van der Waals surface area contributed by atoms with Crippen LogP contribution in [0.1, 0.15) is 13.7 Å². The Labute approximate surface area is 272 Å². The van der Waals surface area contributed by atoms with Gasteiger partial charge < -0.3 is 13.6 Å². The van der Waals surface area contributed by atoms with Crippen LogP contribution in [0.4, 0.5) is 0 Å². The predicted molar refractivity (Wildman–Crippen MR) is 188 cm³/mol. The Morgan fingerprint density at radius 3 is 1.69 bits per heavy atom. The van der Waals surface area contributed by atoms with Crippen molar-refractivity contribution < 1.29 is 18.1 Å². The summed E-state index contributed by atoms with van der Waals surface area (Å²) in [7, 11) is 0. The first kappa shape index (κ1) is 16.7. The fourth-order valence-electron chi connectivity index (χ4n) is 6.64. The Morgan fingerprint density at radius 2 is 0.978 bits per heavy atom. The quantitative estimate of drug-likeness (QED) is 0.203. The molecular formula is C42H26N2O. The molecule has 0 amide bonds. The third kappa shape index (κ3) is 3.46. The highest BCUT2D eigenvalue weighted by atomic mass is 16.3. The Balaban J connectivity index is 1.43. The van der Waals surface area contributed by atoms with Crippen LogP contribution in [0.15, 0.2) is 162 Å². The fourth-order valence-corrected chi connectivity index (χ4v) is 6.64. The molecule has 0 atom stereocenters. The maximum absolute atomic E-state index is 9.63. The number of para-hydroxylation sites is 3. The maximum atomic E-state index is 9.63. The SMILES string of the molecule is [2H]c1c([2H])c([2H])c2c(c1[2H])c1c3c4c([2H])c([2H])c([2H])c([2H])c4n(-c4ccc5c(c4)oc4ccccc45)c3c([2H])c([2H])c1n2-c1ccc(-c2ccccc2)cc1. The first-order valence-corrected chi connectivity index (χ1v) is 14.5. The van der Waals surface area contributed by atoms with Gasteiger partial charge in [-0.25, -0.2) is 0 Å². The molecule has 0 aliphatic carbocycles. The molecule has 0 saturated heterocycles. The molecule has 0 aliphatic rings. The lowest BCUT2D eigenvalue weighted by Crippen LogP contribution is -1.95. The van der Waals surface area contributed by atoms with Crippen molar-refractivity contribution in [3.05, 3.63) is 157 Å². The summed E-state index contributed by atoms with van der Waals surface area (Å²) < 4.78 is 100. The molecule has 3 heterocycles. The average Bonchev–Trinajstić information content (AvgIpc) is 3.88. The molecule has 10 rings (SSSR count). The van der Waals surface area contributed by atoms with Crippen LogP contribution in [0.25, 0.3) is 88.1 Å². The summed E-state index contributed by atoms with van der Waals surface area (Å²) in [4.78, 5) is 0. The smallest absolute Gasteiger partial charge is 0.137 e. The standard InChI is InChI=1S/C42H26N2O/c1-2-10-27(11-3-1)28-18-20-29(21-19-28)43-35-15-7-4-13-33(35)41-37(43)24-25-38-42(41)34-14-5-8-16-36(34)44(38)30-22-23-32-31-12-6-9-17-39(31)45-40(32)26-30/h1-26H/i4D,5D,7D,8D,13D,14D,15D,16D,24D,25D. The van der Waals surface area contributed by atoms with Crippen LogP contribution < -0.4 is 0 Å². The lowest BCUT2D eigenvalue weighted by atomic mass is 10.1. The first-order valence-electron chi connectivity index (χ1n) is 19.5. The molecular weight excluding hydrogens is 548 g/mol. The molecule has 0 radical (unpaired) electrons. The molecule has 0 aliphatic heterocycles. The number of hydrogen-bond acceptors (Lipinski definition) is 1. The van der Waals surface area contributed by atoms with E-state index < -0.39 is 24.2 Å². The second-order valence-electron chi connectivity index (χ2n) is 11.0. The van der Waals surface area contributed by atoms with Crippen LogP contribution >= 0.6 is 0 Å². The molecule has 3 aromatic heterocycles. The van der Waals surface area contributed by atoms with E-state index >= 15 is 0 Å². The van der Waals surface area contributed by atoms with Gasteiger partial charge in [0.1, 0.15) is 11.2 Å². The van der Waals surface area contributed by atoms with Crippen LogP contribution in [0.5, 0.6) is 0 Å². The van der Waals surface area contributed by atoms with Gasteiger partial charge in [0, 0.05) is 49.8 Å². The highest BCUT2D eigenvalue weighted by molar-refractivity contribution is 6.29. The summed E-state index contributed by atoms with van der Waals surface area (Å²) in [6, 6.07) is 26.0. The number of fused-ring (bicyclic) bond motifs is 10. The topological polar surface area (TPSA) is 23.0 Å². The molecule has 10 aromatic rings. The Kier molecular flexibility index (Phi) is 3.42. The van der Waals surface area contributed by atoms with Gasteiger partial charge in [-0.1, -0.05) is 96.9 Å². The number of hydrogen-bond donors (Lipinski definition) is 0. The van der Waals surface area contributed by atoms with Crippen molar-refractivity contribution in [3.8, 4) is 22.5 Å². The summed E-state index contributed by atoms with van der Waals surface area (Å²) in [5.41, 5.74) is 4.31. The summed E-state index contributed by atoms with van der Waals surface area (Å²) in [6.45, 7) is 0. The normalized spacial score (nSPS) is 15.1. The highest BCUT2D eigenvalue weighted by Gasteiger charge is 2.21. The van der Waals surface area contributed by atoms with Gasteiger partial charge in [-0.15, -0.1) is 0 Å². The van der Waals surface area contributed by atoms with E-state index in [1.807, 2.05) is 72.8 Å². The van der Waals surface area contributed by atoms with E-state index in [1.54, 1.807) is 33.4 Å². The zero-order valence-electron chi connectivity index (χ0n) is 33.5. The first-order chi connectivity index (χ1) is 26.5. The molecule has 3 nitrogen and oxygen atoms in total. The van der Waals surface area contributed by atoms with Crippen molar-refractivity contribution in [2.45, 2.75) is 0 Å². The number of aromatic nitrogens is 2. The molecule has 0 unspecified atom stereocenters. The number of nitrogens with zero attached hydrogens (tertiary/aromatic N) is 2. The minimum atomic E-state index is -0.499. The molecule has 7 aromatic carbocycles. The predicted octanol–water partition coefficient (Wildman–Crippen LogP) is 11.4.